The van der Waals surface area contributed by atoms with E-state index < -0.39 is 0 Å². The molecule has 6 aromatic carbocycles. The van der Waals surface area contributed by atoms with Gasteiger partial charge in [-0.1, -0.05) is 148 Å². The van der Waals surface area contributed by atoms with Crippen LogP contribution in [0.2, 0.25) is 0 Å². The van der Waals surface area contributed by atoms with Crippen LogP contribution in [0, 0.1) is 0 Å². The molecule has 0 saturated carbocycles. The second-order valence-corrected chi connectivity index (χ2v) is 12.1. The zero-order valence-electron chi connectivity index (χ0n) is 23.5. The predicted octanol–water partition coefficient (Wildman–Crippen LogP) is 11.2. The second kappa shape index (κ2) is 9.65. The van der Waals surface area contributed by atoms with E-state index in [1.165, 1.54) is 65.7 Å². The molecule has 1 atom stereocenters. The minimum absolute atomic E-state index is 0.0744. The molecule has 1 aliphatic rings. The standard InChI is InChI=1S/C40H34/c1-40(2,3)33-23-24-36-37(26-33)39(29-12-5-4-6-13-29)35-16-10-9-15-34(35)38(36)30-20-17-28(18-21-30)32-22-19-27-11-7-8-14-31(27)25-32/h4-17,19-26,28H,18H2,1-3H3. The third-order valence-corrected chi connectivity index (χ3v) is 8.54. The van der Waals surface area contributed by atoms with Gasteiger partial charge in [0.2, 0.25) is 0 Å². The smallest absolute Gasteiger partial charge is 0.00563 e. The Kier molecular flexibility index (Phi) is 5.93. The molecule has 0 heterocycles. The van der Waals surface area contributed by atoms with Gasteiger partial charge in [0.15, 0.2) is 0 Å². The molecule has 0 nitrogen and oxygen atoms in total. The average Bonchev–Trinajstić information content (AvgIpc) is 2.99. The Morgan fingerprint density at radius 3 is 1.98 bits per heavy atom. The molecule has 0 fully saturated rings. The molecule has 194 valence electrons. The molecule has 0 radical (unpaired) electrons. The number of fused-ring (bicyclic) bond motifs is 3. The average molecular weight is 515 g/mol. The zero-order chi connectivity index (χ0) is 27.3. The zero-order valence-corrected chi connectivity index (χ0v) is 23.5. The SMILES string of the molecule is CC(C)(C)c1ccc2c(C3=CCC(c4ccc5ccccc5c4)C=C3)c3ccccc3c(-c3ccccc3)c2c1. The van der Waals surface area contributed by atoms with E-state index in [9.17, 15) is 0 Å². The second-order valence-electron chi connectivity index (χ2n) is 12.1. The van der Waals surface area contributed by atoms with Gasteiger partial charge in [0, 0.05) is 5.92 Å². The van der Waals surface area contributed by atoms with Crippen LogP contribution < -0.4 is 0 Å². The quantitative estimate of drug-likeness (QED) is 0.206. The minimum atomic E-state index is 0.0744. The van der Waals surface area contributed by atoms with Crippen LogP contribution in [0.5, 0.6) is 0 Å². The summed E-state index contributed by atoms with van der Waals surface area (Å²) in [4.78, 5) is 0. The molecule has 0 N–H and O–H groups in total. The van der Waals surface area contributed by atoms with Crippen molar-refractivity contribution >= 4 is 37.9 Å². The van der Waals surface area contributed by atoms with Crippen molar-refractivity contribution in [1.29, 1.82) is 0 Å². The molecule has 1 unspecified atom stereocenters. The van der Waals surface area contributed by atoms with E-state index in [1.54, 1.807) is 0 Å². The van der Waals surface area contributed by atoms with Gasteiger partial charge >= 0.3 is 0 Å². The monoisotopic (exact) mass is 514 g/mol. The molecule has 0 aliphatic heterocycles. The Labute approximate surface area is 237 Å². The highest BCUT2D eigenvalue weighted by Crippen LogP contribution is 2.44. The van der Waals surface area contributed by atoms with Gasteiger partial charge < -0.3 is 0 Å². The van der Waals surface area contributed by atoms with Crippen molar-refractivity contribution in [2.24, 2.45) is 0 Å². The summed E-state index contributed by atoms with van der Waals surface area (Å²) in [6.07, 6.45) is 8.24. The Bertz CT molecular complexity index is 1940. The van der Waals surface area contributed by atoms with Gasteiger partial charge in [-0.15, -0.1) is 0 Å². The van der Waals surface area contributed by atoms with Crippen molar-refractivity contribution < 1.29 is 0 Å². The van der Waals surface area contributed by atoms with Gasteiger partial charge in [-0.05, 0) is 83.6 Å². The Balaban J connectivity index is 1.41. The number of benzene rings is 6. The van der Waals surface area contributed by atoms with Gasteiger partial charge in [0.1, 0.15) is 0 Å². The molecule has 0 spiro atoms. The molecule has 0 amide bonds. The van der Waals surface area contributed by atoms with Crippen molar-refractivity contribution in [2.75, 3.05) is 0 Å². The van der Waals surface area contributed by atoms with E-state index in [0.29, 0.717) is 5.92 Å². The number of hydrogen-bond donors (Lipinski definition) is 0. The van der Waals surface area contributed by atoms with Crippen LogP contribution in [0.4, 0.5) is 0 Å². The van der Waals surface area contributed by atoms with Crippen LogP contribution in [-0.4, -0.2) is 0 Å². The van der Waals surface area contributed by atoms with E-state index in [1.807, 2.05) is 0 Å². The van der Waals surface area contributed by atoms with Crippen LogP contribution >= 0.6 is 0 Å². The number of allylic oxidation sites excluding steroid dienone is 4. The van der Waals surface area contributed by atoms with Crippen molar-refractivity contribution in [3.8, 4) is 11.1 Å². The van der Waals surface area contributed by atoms with Crippen LogP contribution in [-0.2, 0) is 5.41 Å². The molecule has 0 saturated heterocycles. The summed E-state index contributed by atoms with van der Waals surface area (Å²) in [6.45, 7) is 6.91. The van der Waals surface area contributed by atoms with Crippen LogP contribution in [0.3, 0.4) is 0 Å². The summed E-state index contributed by atoms with van der Waals surface area (Å²) in [7, 11) is 0. The largest absolute Gasteiger partial charge is 0.0761 e. The number of hydrogen-bond acceptors (Lipinski definition) is 0. The lowest BCUT2D eigenvalue weighted by molar-refractivity contribution is 0.591. The fourth-order valence-electron chi connectivity index (χ4n) is 6.36. The summed E-state index contributed by atoms with van der Waals surface area (Å²) in [5.74, 6) is 0.391. The van der Waals surface area contributed by atoms with Crippen molar-refractivity contribution in [2.45, 2.75) is 38.5 Å². The lowest BCUT2D eigenvalue weighted by atomic mass is 9.80. The molecule has 0 aromatic heterocycles. The summed E-state index contributed by atoms with van der Waals surface area (Å²) in [5.41, 5.74) is 8.09. The third-order valence-electron chi connectivity index (χ3n) is 8.54. The highest BCUT2D eigenvalue weighted by Gasteiger charge is 2.22. The minimum Gasteiger partial charge on any atom is -0.0761 e. The van der Waals surface area contributed by atoms with E-state index in [4.69, 9.17) is 0 Å². The molecule has 6 aromatic rings. The van der Waals surface area contributed by atoms with Crippen molar-refractivity contribution in [1.82, 2.24) is 0 Å². The Morgan fingerprint density at radius 1 is 0.575 bits per heavy atom. The first-order valence-corrected chi connectivity index (χ1v) is 14.4. The number of rotatable bonds is 3. The van der Waals surface area contributed by atoms with Crippen LogP contribution in [0.25, 0.3) is 49.0 Å². The molecule has 40 heavy (non-hydrogen) atoms. The summed E-state index contributed by atoms with van der Waals surface area (Å²) in [5, 5.41) is 7.90. The van der Waals surface area contributed by atoms with Gasteiger partial charge in [0.25, 0.3) is 0 Å². The highest BCUT2D eigenvalue weighted by atomic mass is 14.3. The fourth-order valence-corrected chi connectivity index (χ4v) is 6.36. The maximum Gasteiger partial charge on any atom is 0.00563 e. The molecular formula is C40H34. The predicted molar refractivity (Wildman–Crippen MR) is 174 cm³/mol. The van der Waals surface area contributed by atoms with E-state index in [-0.39, 0.29) is 5.41 Å². The molecule has 0 bridgehead atoms. The molecule has 7 rings (SSSR count). The van der Waals surface area contributed by atoms with E-state index in [0.717, 1.165) is 6.42 Å². The molecular weight excluding hydrogens is 480 g/mol. The van der Waals surface area contributed by atoms with Gasteiger partial charge in [-0.2, -0.15) is 0 Å². The topological polar surface area (TPSA) is 0 Å². The van der Waals surface area contributed by atoms with Crippen molar-refractivity contribution in [3.63, 3.8) is 0 Å². The first-order chi connectivity index (χ1) is 19.5. The van der Waals surface area contributed by atoms with Gasteiger partial charge in [-0.25, -0.2) is 0 Å². The van der Waals surface area contributed by atoms with Gasteiger partial charge in [0.05, 0.1) is 0 Å². The Hall–Kier alpha value is -4.42. The normalized spacial score (nSPS) is 15.6. The fraction of sp³-hybridized carbons (Fsp3) is 0.150. The maximum atomic E-state index is 2.46. The Morgan fingerprint density at radius 2 is 1.25 bits per heavy atom. The lowest BCUT2D eigenvalue weighted by Gasteiger charge is -2.24. The van der Waals surface area contributed by atoms with E-state index in [2.05, 4.69) is 154 Å². The summed E-state index contributed by atoms with van der Waals surface area (Å²) < 4.78 is 0. The summed E-state index contributed by atoms with van der Waals surface area (Å²) >= 11 is 0. The molecule has 1 aliphatic carbocycles. The summed E-state index contributed by atoms with van der Waals surface area (Å²) in [6, 6.07) is 42.6. The molecule has 0 heteroatoms. The van der Waals surface area contributed by atoms with E-state index >= 15 is 0 Å². The van der Waals surface area contributed by atoms with Crippen LogP contribution in [0.15, 0.2) is 133 Å². The van der Waals surface area contributed by atoms with Crippen molar-refractivity contribution in [3.05, 3.63) is 150 Å². The first kappa shape index (κ1) is 24.6. The highest BCUT2D eigenvalue weighted by molar-refractivity contribution is 6.19. The lowest BCUT2D eigenvalue weighted by Crippen LogP contribution is -2.11. The van der Waals surface area contributed by atoms with Gasteiger partial charge in [-0.3, -0.25) is 0 Å². The third kappa shape index (κ3) is 4.25. The maximum absolute atomic E-state index is 2.46. The van der Waals surface area contributed by atoms with Crippen LogP contribution in [0.1, 0.15) is 49.8 Å². The first-order valence-electron chi connectivity index (χ1n) is 14.4.